The predicted molar refractivity (Wildman–Crippen MR) is 74.2 cm³/mol. The van der Waals surface area contributed by atoms with Crippen LogP contribution in [-0.4, -0.2) is 36.7 Å². The Labute approximate surface area is 112 Å². The Hall–Kier alpha value is -1.00. The fourth-order valence-corrected chi connectivity index (χ4v) is 3.60. The van der Waals surface area contributed by atoms with Gasteiger partial charge in [0, 0.05) is 24.5 Å². The van der Waals surface area contributed by atoms with Gasteiger partial charge in [0.2, 0.25) is 0 Å². The number of thioether (sulfide) groups is 1. The molecule has 0 saturated carbocycles. The van der Waals surface area contributed by atoms with Crippen LogP contribution in [0, 0.1) is 0 Å². The summed E-state index contributed by atoms with van der Waals surface area (Å²) in [7, 11) is 0. The van der Waals surface area contributed by atoms with Crippen molar-refractivity contribution in [1.82, 2.24) is 10.2 Å². The van der Waals surface area contributed by atoms with Gasteiger partial charge in [0.15, 0.2) is 0 Å². The van der Waals surface area contributed by atoms with Gasteiger partial charge >= 0.3 is 0 Å². The van der Waals surface area contributed by atoms with E-state index >= 15 is 0 Å². The molecule has 1 fully saturated rings. The van der Waals surface area contributed by atoms with E-state index in [1.807, 2.05) is 4.90 Å². The predicted octanol–water partition coefficient (Wildman–Crippen LogP) is 2.07. The Balaban J connectivity index is 2.15. The summed E-state index contributed by atoms with van der Waals surface area (Å²) in [5.41, 5.74) is 3.52. The number of benzene rings is 1. The third-order valence-electron chi connectivity index (χ3n) is 3.90. The van der Waals surface area contributed by atoms with E-state index in [4.69, 9.17) is 0 Å². The molecule has 2 aliphatic heterocycles. The number of nitrogens with zero attached hydrogens (tertiary/aromatic N) is 1. The molecule has 2 heterocycles. The zero-order valence-electron chi connectivity index (χ0n) is 10.8. The summed E-state index contributed by atoms with van der Waals surface area (Å²) in [6, 6.07) is 4.65. The number of fused-ring (bicyclic) bond motifs is 3. The van der Waals surface area contributed by atoms with E-state index in [1.165, 1.54) is 11.1 Å². The number of carbonyl (C=O) groups excluding carboxylic acids is 1. The zero-order valence-corrected chi connectivity index (χ0v) is 11.6. The van der Waals surface area contributed by atoms with Crippen LogP contribution < -0.4 is 5.32 Å². The van der Waals surface area contributed by atoms with Crippen molar-refractivity contribution in [2.45, 2.75) is 24.3 Å². The first-order valence-electron chi connectivity index (χ1n) is 6.48. The van der Waals surface area contributed by atoms with E-state index in [2.05, 4.69) is 30.6 Å². The van der Waals surface area contributed by atoms with E-state index in [9.17, 15) is 4.79 Å². The Morgan fingerprint density at radius 2 is 2.33 bits per heavy atom. The van der Waals surface area contributed by atoms with Gasteiger partial charge in [-0.05, 0) is 29.9 Å². The molecule has 2 aliphatic rings. The van der Waals surface area contributed by atoms with Crippen molar-refractivity contribution >= 4 is 17.7 Å². The smallest absolute Gasteiger partial charge is 0.255 e. The summed E-state index contributed by atoms with van der Waals surface area (Å²) < 4.78 is 0. The molecule has 4 heteroatoms. The number of piperazine rings is 1. The second-order valence-electron chi connectivity index (χ2n) is 4.83. The first-order valence-corrected chi connectivity index (χ1v) is 7.71. The highest BCUT2D eigenvalue weighted by Gasteiger charge is 2.39. The highest BCUT2D eigenvalue weighted by Crippen LogP contribution is 2.39. The molecular weight excluding hydrogens is 244 g/mol. The average Bonchev–Trinajstić information content (AvgIpc) is 2.72. The van der Waals surface area contributed by atoms with E-state index in [1.54, 1.807) is 11.8 Å². The van der Waals surface area contributed by atoms with Gasteiger partial charge < -0.3 is 10.2 Å². The van der Waals surface area contributed by atoms with E-state index < -0.39 is 0 Å². The summed E-state index contributed by atoms with van der Waals surface area (Å²) in [4.78, 5) is 15.7. The summed E-state index contributed by atoms with van der Waals surface area (Å²) in [5, 5.41) is 3.39. The maximum absolute atomic E-state index is 12.5. The van der Waals surface area contributed by atoms with Crippen LogP contribution in [0.25, 0.3) is 0 Å². The van der Waals surface area contributed by atoms with Gasteiger partial charge in [0.05, 0.1) is 11.6 Å². The minimum Gasteiger partial charge on any atom is -0.329 e. The van der Waals surface area contributed by atoms with Crippen molar-refractivity contribution in [2.24, 2.45) is 0 Å². The van der Waals surface area contributed by atoms with Gasteiger partial charge in [-0.3, -0.25) is 4.79 Å². The Morgan fingerprint density at radius 3 is 3.06 bits per heavy atom. The van der Waals surface area contributed by atoms with E-state index in [0.717, 1.165) is 36.5 Å². The molecule has 0 aliphatic carbocycles. The minimum absolute atomic E-state index is 0.225. The molecule has 0 radical (unpaired) electrons. The van der Waals surface area contributed by atoms with Crippen molar-refractivity contribution in [2.75, 3.05) is 25.9 Å². The molecule has 18 heavy (non-hydrogen) atoms. The van der Waals surface area contributed by atoms with Crippen molar-refractivity contribution in [3.8, 4) is 0 Å². The number of hydrogen-bond acceptors (Lipinski definition) is 3. The lowest BCUT2D eigenvalue weighted by atomic mass is 9.99. The molecule has 0 aromatic heterocycles. The Morgan fingerprint density at radius 1 is 1.50 bits per heavy atom. The van der Waals surface area contributed by atoms with Gasteiger partial charge in [-0.1, -0.05) is 13.0 Å². The van der Waals surface area contributed by atoms with Crippen molar-refractivity contribution < 1.29 is 4.79 Å². The van der Waals surface area contributed by atoms with Crippen LogP contribution in [0.15, 0.2) is 17.0 Å². The second-order valence-corrected chi connectivity index (χ2v) is 5.68. The summed E-state index contributed by atoms with van der Waals surface area (Å²) >= 11 is 1.69. The van der Waals surface area contributed by atoms with Gasteiger partial charge in [-0.15, -0.1) is 11.8 Å². The molecule has 3 rings (SSSR count). The molecule has 1 saturated heterocycles. The molecule has 96 valence electrons. The lowest BCUT2D eigenvalue weighted by Gasteiger charge is -2.30. The van der Waals surface area contributed by atoms with Crippen LogP contribution in [0.1, 0.15) is 34.5 Å². The van der Waals surface area contributed by atoms with Crippen molar-refractivity contribution in [1.29, 1.82) is 0 Å². The fourth-order valence-electron chi connectivity index (χ4n) is 2.92. The molecule has 1 aromatic rings. The minimum atomic E-state index is 0.225. The van der Waals surface area contributed by atoms with Crippen LogP contribution >= 0.6 is 11.8 Å². The first-order chi connectivity index (χ1) is 8.76. The molecule has 3 nitrogen and oxygen atoms in total. The lowest BCUT2D eigenvalue weighted by Crippen LogP contribution is -2.44. The largest absolute Gasteiger partial charge is 0.329 e. The van der Waals surface area contributed by atoms with Crippen LogP contribution in [0.3, 0.4) is 0 Å². The molecule has 0 unspecified atom stereocenters. The molecule has 0 spiro atoms. The Bertz CT molecular complexity index is 501. The zero-order chi connectivity index (χ0) is 12.7. The van der Waals surface area contributed by atoms with Crippen LogP contribution in [0.5, 0.6) is 0 Å². The number of aryl methyl sites for hydroxylation is 1. The van der Waals surface area contributed by atoms with E-state index in [-0.39, 0.29) is 11.9 Å². The third-order valence-corrected chi connectivity index (χ3v) is 4.66. The topological polar surface area (TPSA) is 32.3 Å². The van der Waals surface area contributed by atoms with Crippen LogP contribution in [-0.2, 0) is 6.42 Å². The monoisotopic (exact) mass is 262 g/mol. The van der Waals surface area contributed by atoms with E-state index in [0.29, 0.717) is 0 Å². The normalized spacial score (nSPS) is 22.0. The summed E-state index contributed by atoms with van der Waals surface area (Å²) in [5.74, 6) is 0.225. The number of amides is 1. The number of hydrogen-bond donors (Lipinski definition) is 1. The highest BCUT2D eigenvalue weighted by atomic mass is 32.2. The SMILES string of the molecule is CCc1cc(SC)c2c(c1)[C@H]1CNCCN1C2=O. The summed E-state index contributed by atoms with van der Waals surface area (Å²) in [6.07, 6.45) is 3.08. The number of rotatable bonds is 2. The standard InChI is InChI=1S/C14H18N2OS/c1-3-9-6-10-11-8-15-4-5-16(11)14(17)13(10)12(7-9)18-2/h6-7,11,15H,3-5,8H2,1-2H3/t11-/m1/s1. The molecule has 0 bridgehead atoms. The first kappa shape index (κ1) is 12.1. The number of carbonyl (C=O) groups is 1. The van der Waals surface area contributed by atoms with Gasteiger partial charge in [0.25, 0.3) is 5.91 Å². The lowest BCUT2D eigenvalue weighted by molar-refractivity contribution is 0.0689. The summed E-state index contributed by atoms with van der Waals surface area (Å²) in [6.45, 7) is 4.79. The van der Waals surface area contributed by atoms with Crippen LogP contribution in [0.4, 0.5) is 0 Å². The van der Waals surface area contributed by atoms with Gasteiger partial charge in [-0.25, -0.2) is 0 Å². The second kappa shape index (κ2) is 4.59. The number of nitrogens with one attached hydrogen (secondary N) is 1. The quantitative estimate of drug-likeness (QED) is 0.828. The molecule has 1 amide bonds. The molecule has 1 atom stereocenters. The Kier molecular flexibility index (Phi) is 3.08. The fraction of sp³-hybridized carbons (Fsp3) is 0.500. The van der Waals surface area contributed by atoms with Crippen molar-refractivity contribution in [3.05, 3.63) is 28.8 Å². The average molecular weight is 262 g/mol. The van der Waals surface area contributed by atoms with Gasteiger partial charge in [0.1, 0.15) is 0 Å². The van der Waals surface area contributed by atoms with Gasteiger partial charge in [-0.2, -0.15) is 0 Å². The van der Waals surface area contributed by atoms with Crippen molar-refractivity contribution in [3.63, 3.8) is 0 Å². The molecular formula is C14H18N2OS. The highest BCUT2D eigenvalue weighted by molar-refractivity contribution is 7.98. The maximum atomic E-state index is 12.5. The molecule has 1 aromatic carbocycles. The third kappa shape index (κ3) is 1.67. The molecule has 1 N–H and O–H groups in total. The van der Waals surface area contributed by atoms with Crippen LogP contribution in [0.2, 0.25) is 0 Å². The maximum Gasteiger partial charge on any atom is 0.255 e.